The Morgan fingerprint density at radius 1 is 0.828 bits per heavy atom. The van der Waals surface area contributed by atoms with Gasteiger partial charge in [-0.15, -0.1) is 0 Å². The van der Waals surface area contributed by atoms with E-state index >= 15 is 0 Å². The Hall–Kier alpha value is -1.98. The summed E-state index contributed by atoms with van der Waals surface area (Å²) < 4.78 is 5.38. The molecule has 0 aromatic carbocycles. The molecule has 1 rings (SSSR count). The first-order chi connectivity index (χ1) is 14.1. The Labute approximate surface area is 175 Å². The molecule has 6 heteroatoms. The minimum atomic E-state index is -1.08. The molecule has 0 radical (unpaired) electrons. The van der Waals surface area contributed by atoms with Gasteiger partial charge in [0.2, 0.25) is 0 Å². The number of amides is 1. The van der Waals surface area contributed by atoms with Crippen LogP contribution in [-0.4, -0.2) is 30.1 Å². The highest BCUT2D eigenvalue weighted by atomic mass is 16.4. The molecule has 0 atom stereocenters. The van der Waals surface area contributed by atoms with Crippen LogP contribution in [0, 0.1) is 0 Å². The van der Waals surface area contributed by atoms with Gasteiger partial charge < -0.3 is 20.2 Å². The number of rotatable bonds is 19. The second-order valence-corrected chi connectivity index (χ2v) is 7.76. The van der Waals surface area contributed by atoms with Crippen molar-refractivity contribution in [1.82, 2.24) is 5.32 Å². The Kier molecular flexibility index (Phi) is 14.6. The lowest BCUT2D eigenvalue weighted by molar-refractivity contribution is -0.135. The molecule has 0 bridgehead atoms. The summed E-state index contributed by atoms with van der Waals surface area (Å²) in [5.74, 6) is -0.937. The van der Waals surface area contributed by atoms with Crippen molar-refractivity contribution < 1.29 is 19.1 Å². The van der Waals surface area contributed by atoms with Crippen molar-refractivity contribution in [2.75, 3.05) is 18.4 Å². The molecule has 0 aliphatic carbocycles. The fraction of sp³-hybridized carbons (Fsp3) is 0.739. The van der Waals surface area contributed by atoms with E-state index in [0.29, 0.717) is 5.88 Å². The van der Waals surface area contributed by atoms with Crippen molar-refractivity contribution in [1.29, 1.82) is 0 Å². The van der Waals surface area contributed by atoms with Gasteiger partial charge >= 0.3 is 5.97 Å². The molecule has 1 heterocycles. The highest BCUT2D eigenvalue weighted by Crippen LogP contribution is 2.15. The van der Waals surface area contributed by atoms with Crippen LogP contribution in [0.2, 0.25) is 0 Å². The van der Waals surface area contributed by atoms with E-state index in [1.807, 2.05) is 0 Å². The van der Waals surface area contributed by atoms with Crippen LogP contribution in [0.3, 0.4) is 0 Å². The minimum Gasteiger partial charge on any atom is -0.480 e. The molecule has 166 valence electrons. The molecule has 0 aliphatic heterocycles. The zero-order valence-corrected chi connectivity index (χ0v) is 18.1. The highest BCUT2D eigenvalue weighted by Gasteiger charge is 2.11. The Morgan fingerprint density at radius 3 is 1.86 bits per heavy atom. The van der Waals surface area contributed by atoms with Crippen LogP contribution in [0.25, 0.3) is 0 Å². The Bertz CT molecular complexity index is 557. The number of unbranched alkanes of at least 4 members (excludes halogenated alkanes) is 13. The average molecular weight is 409 g/mol. The lowest BCUT2D eigenvalue weighted by Crippen LogP contribution is -2.28. The van der Waals surface area contributed by atoms with Crippen LogP contribution in [0.1, 0.15) is 107 Å². The normalized spacial score (nSPS) is 10.8. The summed E-state index contributed by atoms with van der Waals surface area (Å²) in [7, 11) is 0. The molecule has 6 nitrogen and oxygen atoms in total. The van der Waals surface area contributed by atoms with Crippen molar-refractivity contribution in [2.24, 2.45) is 0 Å². The van der Waals surface area contributed by atoms with Crippen LogP contribution in [-0.2, 0) is 4.79 Å². The predicted octanol–water partition coefficient (Wildman–Crippen LogP) is 5.99. The zero-order chi connectivity index (χ0) is 21.2. The van der Waals surface area contributed by atoms with Gasteiger partial charge in [-0.2, -0.15) is 0 Å². The van der Waals surface area contributed by atoms with E-state index in [1.54, 1.807) is 12.1 Å². The van der Waals surface area contributed by atoms with Crippen molar-refractivity contribution in [3.63, 3.8) is 0 Å². The van der Waals surface area contributed by atoms with Crippen LogP contribution >= 0.6 is 0 Å². The highest BCUT2D eigenvalue weighted by molar-refractivity contribution is 5.93. The van der Waals surface area contributed by atoms with E-state index in [0.717, 1.165) is 13.0 Å². The number of carboxylic acid groups (broad SMARTS) is 1. The van der Waals surface area contributed by atoms with Gasteiger partial charge in [-0.3, -0.25) is 9.59 Å². The van der Waals surface area contributed by atoms with E-state index in [4.69, 9.17) is 9.52 Å². The van der Waals surface area contributed by atoms with Gasteiger partial charge in [-0.1, -0.05) is 90.4 Å². The van der Waals surface area contributed by atoms with Gasteiger partial charge in [0.25, 0.3) is 5.91 Å². The molecule has 3 N–H and O–H groups in total. The first-order valence-corrected chi connectivity index (χ1v) is 11.5. The van der Waals surface area contributed by atoms with Gasteiger partial charge in [0.1, 0.15) is 6.54 Å². The first-order valence-electron chi connectivity index (χ1n) is 11.5. The van der Waals surface area contributed by atoms with Gasteiger partial charge in [0.05, 0.1) is 0 Å². The van der Waals surface area contributed by atoms with Crippen molar-refractivity contribution >= 4 is 17.8 Å². The quantitative estimate of drug-likeness (QED) is 0.245. The van der Waals surface area contributed by atoms with Crippen LogP contribution in [0.5, 0.6) is 0 Å². The Balaban J connectivity index is 1.90. The van der Waals surface area contributed by atoms with Crippen LogP contribution < -0.4 is 10.6 Å². The summed E-state index contributed by atoms with van der Waals surface area (Å²) in [6.45, 7) is 2.66. The van der Waals surface area contributed by atoms with Crippen LogP contribution in [0.15, 0.2) is 16.5 Å². The van der Waals surface area contributed by atoms with Gasteiger partial charge in [0, 0.05) is 12.6 Å². The monoisotopic (exact) mass is 408 g/mol. The van der Waals surface area contributed by atoms with E-state index in [2.05, 4.69) is 17.6 Å². The largest absolute Gasteiger partial charge is 0.480 e. The number of hydrogen-bond acceptors (Lipinski definition) is 4. The summed E-state index contributed by atoms with van der Waals surface area (Å²) in [5, 5.41) is 14.0. The number of nitrogens with one attached hydrogen (secondary N) is 2. The van der Waals surface area contributed by atoms with E-state index < -0.39 is 18.4 Å². The third kappa shape index (κ3) is 13.8. The molecule has 0 fully saturated rings. The van der Waals surface area contributed by atoms with Gasteiger partial charge in [-0.25, -0.2) is 0 Å². The molecular formula is C23H40N2O4. The fourth-order valence-electron chi connectivity index (χ4n) is 3.33. The number of carbonyl (C=O) groups is 2. The maximum atomic E-state index is 11.7. The van der Waals surface area contributed by atoms with E-state index in [-0.39, 0.29) is 5.76 Å². The van der Waals surface area contributed by atoms with Gasteiger partial charge in [0.15, 0.2) is 11.6 Å². The van der Waals surface area contributed by atoms with Crippen molar-refractivity contribution in [3.8, 4) is 0 Å². The minimum absolute atomic E-state index is 0.120. The number of carboxylic acids is 1. The summed E-state index contributed by atoms with van der Waals surface area (Å²) in [5.41, 5.74) is 0. The summed E-state index contributed by atoms with van der Waals surface area (Å²) in [6.07, 6.45) is 18.7. The molecule has 0 aliphatic rings. The maximum absolute atomic E-state index is 11.7. The lowest BCUT2D eigenvalue weighted by atomic mass is 10.0. The van der Waals surface area contributed by atoms with E-state index in [9.17, 15) is 9.59 Å². The van der Waals surface area contributed by atoms with Gasteiger partial charge in [-0.05, 0) is 12.5 Å². The zero-order valence-electron chi connectivity index (χ0n) is 18.1. The van der Waals surface area contributed by atoms with Crippen molar-refractivity contribution in [3.05, 3.63) is 17.9 Å². The summed E-state index contributed by atoms with van der Waals surface area (Å²) in [6, 6.07) is 3.24. The molecule has 0 saturated carbocycles. The smallest absolute Gasteiger partial charge is 0.322 e. The average Bonchev–Trinajstić information content (AvgIpc) is 3.18. The number of carbonyl (C=O) groups excluding carboxylic acids is 1. The standard InChI is InChI=1S/C23H40N2O4/c1-2-3-4-5-6-7-8-9-10-11-12-13-14-15-18-24-21-17-16-20(29-21)23(28)25-19-22(26)27/h16-17,24H,2-15,18-19H2,1H3,(H,25,28)(H,26,27). The number of hydrogen-bond donors (Lipinski definition) is 3. The first kappa shape index (κ1) is 25.1. The molecule has 1 aromatic rings. The van der Waals surface area contributed by atoms with E-state index in [1.165, 1.54) is 83.5 Å². The number of aliphatic carboxylic acids is 1. The third-order valence-electron chi connectivity index (χ3n) is 5.06. The second-order valence-electron chi connectivity index (χ2n) is 7.76. The molecule has 1 amide bonds. The maximum Gasteiger partial charge on any atom is 0.322 e. The molecular weight excluding hydrogens is 368 g/mol. The van der Waals surface area contributed by atoms with Crippen molar-refractivity contribution in [2.45, 2.75) is 96.8 Å². The number of anilines is 1. The van der Waals surface area contributed by atoms with Crippen LogP contribution in [0.4, 0.5) is 5.88 Å². The third-order valence-corrected chi connectivity index (χ3v) is 5.06. The Morgan fingerprint density at radius 2 is 1.34 bits per heavy atom. The lowest BCUT2D eigenvalue weighted by Gasteiger charge is -2.04. The topological polar surface area (TPSA) is 91.6 Å². The molecule has 29 heavy (non-hydrogen) atoms. The number of furan rings is 1. The predicted molar refractivity (Wildman–Crippen MR) is 117 cm³/mol. The fourth-order valence-corrected chi connectivity index (χ4v) is 3.33. The molecule has 1 aromatic heterocycles. The molecule has 0 unspecified atom stereocenters. The summed E-state index contributed by atoms with van der Waals surface area (Å²) in [4.78, 5) is 22.1. The molecule has 0 saturated heterocycles. The second kappa shape index (κ2) is 16.9. The summed E-state index contributed by atoms with van der Waals surface area (Å²) >= 11 is 0. The SMILES string of the molecule is CCCCCCCCCCCCCCCCNc1ccc(C(=O)NCC(=O)O)o1. The molecule has 0 spiro atoms.